The number of fused-ring (bicyclic) bond motifs is 1. The van der Waals surface area contributed by atoms with Crippen LogP contribution in [-0.2, 0) is 4.74 Å². The van der Waals surface area contributed by atoms with Crippen molar-refractivity contribution in [2.45, 2.75) is 32.4 Å². The Morgan fingerprint density at radius 2 is 2.00 bits per heavy atom. The SMILES string of the molecule is CCN1CCC2(CC1)OCCN2C(=O)c1oc2cc(Br)ccc2c1C.Cl. The molecule has 26 heavy (non-hydrogen) atoms. The number of likely N-dealkylation sites (tertiary alicyclic amines) is 1. The van der Waals surface area contributed by atoms with Crippen molar-refractivity contribution in [1.29, 1.82) is 0 Å². The molecule has 0 bridgehead atoms. The molecule has 7 heteroatoms. The third kappa shape index (κ3) is 3.17. The fourth-order valence-electron chi connectivity index (χ4n) is 4.05. The van der Waals surface area contributed by atoms with Crippen molar-refractivity contribution < 1.29 is 13.9 Å². The predicted molar refractivity (Wildman–Crippen MR) is 107 cm³/mol. The van der Waals surface area contributed by atoms with Crippen LogP contribution < -0.4 is 0 Å². The lowest BCUT2D eigenvalue weighted by Crippen LogP contribution is -2.54. The third-order valence-corrected chi connectivity index (χ3v) is 6.10. The van der Waals surface area contributed by atoms with E-state index in [-0.39, 0.29) is 18.3 Å². The number of piperidine rings is 1. The standard InChI is InChI=1S/C19H23BrN2O3.ClH/c1-3-21-8-6-19(7-9-21)22(10-11-24-19)18(23)17-13(2)15-5-4-14(20)12-16(15)25-17;/h4-5,12H,3,6-11H2,1-2H3;1H. The quantitative estimate of drug-likeness (QED) is 0.697. The molecule has 5 nitrogen and oxygen atoms in total. The number of rotatable bonds is 2. The molecule has 1 spiro atoms. The number of amides is 1. The molecular formula is C19H24BrClN2O3. The first-order valence-corrected chi connectivity index (χ1v) is 9.70. The van der Waals surface area contributed by atoms with Gasteiger partial charge in [0.2, 0.25) is 0 Å². The smallest absolute Gasteiger partial charge is 0.292 e. The molecule has 2 saturated heterocycles. The monoisotopic (exact) mass is 442 g/mol. The normalized spacial score (nSPS) is 19.9. The molecule has 1 amide bonds. The number of hydrogen-bond donors (Lipinski definition) is 0. The van der Waals surface area contributed by atoms with Crippen molar-refractivity contribution in [2.24, 2.45) is 0 Å². The summed E-state index contributed by atoms with van der Waals surface area (Å²) in [6.45, 7) is 8.33. The van der Waals surface area contributed by atoms with Gasteiger partial charge in [-0.25, -0.2) is 0 Å². The molecule has 1 aromatic carbocycles. The van der Waals surface area contributed by atoms with Gasteiger partial charge >= 0.3 is 0 Å². The van der Waals surface area contributed by atoms with Gasteiger partial charge in [-0.05, 0) is 31.7 Å². The zero-order valence-corrected chi connectivity index (χ0v) is 17.5. The number of aryl methyl sites for hydroxylation is 1. The van der Waals surface area contributed by atoms with Crippen molar-refractivity contribution in [3.63, 3.8) is 0 Å². The summed E-state index contributed by atoms with van der Waals surface area (Å²) >= 11 is 3.46. The van der Waals surface area contributed by atoms with Crippen LogP contribution >= 0.6 is 28.3 Å². The van der Waals surface area contributed by atoms with E-state index >= 15 is 0 Å². The van der Waals surface area contributed by atoms with Gasteiger partial charge in [0, 0.05) is 47.9 Å². The maximum absolute atomic E-state index is 13.3. The third-order valence-electron chi connectivity index (χ3n) is 5.60. The topological polar surface area (TPSA) is 45.9 Å². The summed E-state index contributed by atoms with van der Waals surface area (Å²) in [7, 11) is 0. The van der Waals surface area contributed by atoms with Crippen LogP contribution in [-0.4, -0.2) is 54.2 Å². The van der Waals surface area contributed by atoms with E-state index in [0.717, 1.165) is 53.5 Å². The second-order valence-corrected chi connectivity index (χ2v) is 7.80. The molecular weight excluding hydrogens is 420 g/mol. The van der Waals surface area contributed by atoms with Gasteiger partial charge in [0.25, 0.3) is 5.91 Å². The van der Waals surface area contributed by atoms with E-state index in [2.05, 4.69) is 27.8 Å². The molecule has 0 radical (unpaired) electrons. The summed E-state index contributed by atoms with van der Waals surface area (Å²) in [4.78, 5) is 17.6. The van der Waals surface area contributed by atoms with Crippen LogP contribution in [0.25, 0.3) is 11.0 Å². The number of carbonyl (C=O) groups is 1. The van der Waals surface area contributed by atoms with Crippen molar-refractivity contribution in [1.82, 2.24) is 9.80 Å². The average molecular weight is 444 g/mol. The Kier molecular flexibility index (Phi) is 5.68. The zero-order valence-electron chi connectivity index (χ0n) is 15.1. The molecule has 0 N–H and O–H groups in total. The minimum Gasteiger partial charge on any atom is -0.451 e. The largest absolute Gasteiger partial charge is 0.451 e. The van der Waals surface area contributed by atoms with Gasteiger partial charge in [0.05, 0.1) is 6.61 Å². The zero-order chi connectivity index (χ0) is 17.6. The highest BCUT2D eigenvalue weighted by Gasteiger charge is 2.47. The molecule has 2 aliphatic rings. The first-order chi connectivity index (χ1) is 12.0. The number of nitrogens with zero attached hydrogens (tertiary/aromatic N) is 2. The van der Waals surface area contributed by atoms with E-state index in [1.54, 1.807) is 0 Å². The Balaban J connectivity index is 0.00000196. The van der Waals surface area contributed by atoms with Crippen LogP contribution in [0.15, 0.2) is 27.1 Å². The van der Waals surface area contributed by atoms with Gasteiger partial charge < -0.3 is 19.0 Å². The molecule has 142 valence electrons. The van der Waals surface area contributed by atoms with Gasteiger partial charge in [-0.2, -0.15) is 0 Å². The second-order valence-electron chi connectivity index (χ2n) is 6.88. The summed E-state index contributed by atoms with van der Waals surface area (Å²) in [6.07, 6.45) is 1.72. The van der Waals surface area contributed by atoms with Gasteiger partial charge in [0.1, 0.15) is 11.3 Å². The van der Waals surface area contributed by atoms with Crippen molar-refractivity contribution >= 4 is 45.2 Å². The molecule has 3 heterocycles. The Morgan fingerprint density at radius 1 is 1.27 bits per heavy atom. The van der Waals surface area contributed by atoms with Crippen LogP contribution in [0.4, 0.5) is 0 Å². The van der Waals surface area contributed by atoms with E-state index in [1.165, 1.54) is 0 Å². The maximum atomic E-state index is 13.3. The Labute approximate surface area is 168 Å². The number of furan rings is 1. The molecule has 0 atom stereocenters. The lowest BCUT2D eigenvalue weighted by molar-refractivity contribution is -0.105. The molecule has 4 rings (SSSR count). The van der Waals surface area contributed by atoms with Crippen LogP contribution in [0.5, 0.6) is 0 Å². The number of carbonyl (C=O) groups excluding carboxylic acids is 1. The minimum absolute atomic E-state index is 0. The van der Waals surface area contributed by atoms with E-state index in [4.69, 9.17) is 9.15 Å². The summed E-state index contributed by atoms with van der Waals surface area (Å²) in [5, 5.41) is 0.988. The van der Waals surface area contributed by atoms with Gasteiger partial charge in [0.15, 0.2) is 5.76 Å². The predicted octanol–water partition coefficient (Wildman–Crippen LogP) is 4.21. The first kappa shape index (κ1) is 19.7. The van der Waals surface area contributed by atoms with Crippen LogP contribution in [0.3, 0.4) is 0 Å². The van der Waals surface area contributed by atoms with Crippen LogP contribution in [0, 0.1) is 6.92 Å². The van der Waals surface area contributed by atoms with Crippen molar-refractivity contribution in [3.05, 3.63) is 34.0 Å². The second kappa shape index (κ2) is 7.50. The fraction of sp³-hybridized carbons (Fsp3) is 0.526. The summed E-state index contributed by atoms with van der Waals surface area (Å²) in [6, 6.07) is 5.88. The van der Waals surface area contributed by atoms with E-state index in [0.29, 0.717) is 18.9 Å². The summed E-state index contributed by atoms with van der Waals surface area (Å²) < 4.78 is 13.0. The van der Waals surface area contributed by atoms with Crippen molar-refractivity contribution in [3.8, 4) is 0 Å². The molecule has 0 saturated carbocycles. The van der Waals surface area contributed by atoms with Crippen LogP contribution in [0.1, 0.15) is 35.9 Å². The summed E-state index contributed by atoms with van der Waals surface area (Å²) in [5.41, 5.74) is 1.18. The highest BCUT2D eigenvalue weighted by molar-refractivity contribution is 9.10. The molecule has 0 unspecified atom stereocenters. The van der Waals surface area contributed by atoms with Gasteiger partial charge in [-0.15, -0.1) is 12.4 Å². The lowest BCUT2D eigenvalue weighted by Gasteiger charge is -2.43. The number of hydrogen-bond acceptors (Lipinski definition) is 4. The molecule has 1 aromatic heterocycles. The number of benzene rings is 1. The number of ether oxygens (including phenoxy) is 1. The van der Waals surface area contributed by atoms with E-state index in [1.807, 2.05) is 30.0 Å². The van der Waals surface area contributed by atoms with Gasteiger partial charge in [-0.1, -0.05) is 22.9 Å². The van der Waals surface area contributed by atoms with Gasteiger partial charge in [-0.3, -0.25) is 4.79 Å². The highest BCUT2D eigenvalue weighted by atomic mass is 79.9. The average Bonchev–Trinajstić information content (AvgIpc) is 3.16. The van der Waals surface area contributed by atoms with Crippen molar-refractivity contribution in [2.75, 3.05) is 32.8 Å². The Bertz CT molecular complexity index is 814. The molecule has 2 aromatic rings. The molecule has 0 aliphatic carbocycles. The molecule has 2 fully saturated rings. The Hall–Kier alpha value is -1.08. The Morgan fingerprint density at radius 3 is 2.69 bits per heavy atom. The lowest BCUT2D eigenvalue weighted by atomic mass is 9.98. The molecule has 2 aliphatic heterocycles. The van der Waals surface area contributed by atoms with E-state index < -0.39 is 5.72 Å². The number of halogens is 2. The minimum atomic E-state index is -0.464. The van der Waals surface area contributed by atoms with Crippen LogP contribution in [0.2, 0.25) is 0 Å². The maximum Gasteiger partial charge on any atom is 0.292 e. The first-order valence-electron chi connectivity index (χ1n) is 8.91. The van der Waals surface area contributed by atoms with E-state index in [9.17, 15) is 4.79 Å². The highest BCUT2D eigenvalue weighted by Crippen LogP contribution is 2.37. The fourth-order valence-corrected chi connectivity index (χ4v) is 4.39. The summed E-state index contributed by atoms with van der Waals surface area (Å²) in [5.74, 6) is 0.392.